The van der Waals surface area contributed by atoms with Crippen LogP contribution >= 0.6 is 11.8 Å². The van der Waals surface area contributed by atoms with Crippen molar-refractivity contribution in [2.75, 3.05) is 5.75 Å². The minimum Gasteiger partial charge on any atom is -1.00 e. The number of aliphatic carboxylic acids is 1. The fraction of sp³-hybridized carbons (Fsp3) is 0.286. The van der Waals surface area contributed by atoms with Crippen molar-refractivity contribution in [2.45, 2.75) is 18.0 Å². The van der Waals surface area contributed by atoms with Crippen LogP contribution < -0.4 is 22.7 Å². The van der Waals surface area contributed by atoms with Gasteiger partial charge in [-0.1, -0.05) is 5.10 Å². The Morgan fingerprint density at radius 2 is 2.33 bits per heavy atom. The quantitative estimate of drug-likeness (QED) is 0.426. The van der Waals surface area contributed by atoms with Crippen LogP contribution in [-0.2, 0) is 16.1 Å². The van der Waals surface area contributed by atoms with Crippen LogP contribution in [-0.4, -0.2) is 48.7 Å². The van der Waals surface area contributed by atoms with Gasteiger partial charge in [-0.2, -0.15) is 0 Å². The molecule has 2 atom stereocenters. The molecule has 2 aliphatic rings. The normalized spacial score (nSPS) is 22.9. The first-order valence-corrected chi connectivity index (χ1v) is 8.10. The molecule has 1 saturated heterocycles. The lowest BCUT2D eigenvalue weighted by Crippen LogP contribution is -3.00. The molecule has 1 fully saturated rings. The van der Waals surface area contributed by atoms with Crippen LogP contribution in [0.15, 0.2) is 42.0 Å². The molecule has 10 heteroatoms. The van der Waals surface area contributed by atoms with Crippen molar-refractivity contribution in [1.82, 2.24) is 14.5 Å². The number of hydrogen-bond acceptors (Lipinski definition) is 5. The van der Waals surface area contributed by atoms with Crippen LogP contribution in [0.5, 0.6) is 0 Å². The largest absolute Gasteiger partial charge is 1.00 e. The lowest BCUT2D eigenvalue weighted by molar-refractivity contribution is -0.662. The molecule has 126 valence electrons. The summed E-state index contributed by atoms with van der Waals surface area (Å²) in [6.07, 6.45) is 5.33. The predicted octanol–water partition coefficient (Wildman–Crippen LogP) is -3.79. The number of β-lactam (4-membered cyclic amide) rings is 1. The average molecular weight is 368 g/mol. The highest BCUT2D eigenvalue weighted by atomic mass is 35.5. The maximum absolute atomic E-state index is 11.9. The molecule has 2 aromatic heterocycles. The molecular weight excluding hydrogens is 354 g/mol. The van der Waals surface area contributed by atoms with Crippen molar-refractivity contribution in [3.8, 4) is 0 Å². The summed E-state index contributed by atoms with van der Waals surface area (Å²) in [5, 5.41) is 13.5. The van der Waals surface area contributed by atoms with Crippen LogP contribution in [0.25, 0.3) is 5.65 Å². The second-order valence-electron chi connectivity index (χ2n) is 5.45. The summed E-state index contributed by atoms with van der Waals surface area (Å²) in [6.45, 7) is 0.391. The van der Waals surface area contributed by atoms with Crippen LogP contribution in [0, 0.1) is 0 Å². The molecule has 4 heterocycles. The van der Waals surface area contributed by atoms with Gasteiger partial charge >= 0.3 is 11.6 Å². The molecule has 0 radical (unpaired) electrons. The number of carbonyl (C=O) groups excluding carboxylic acids is 1. The Balaban J connectivity index is 0.00000169. The van der Waals surface area contributed by atoms with Gasteiger partial charge in [-0.25, -0.2) is 9.36 Å². The topological polar surface area (TPSA) is 105 Å². The second kappa shape index (κ2) is 6.08. The van der Waals surface area contributed by atoms with Gasteiger partial charge in [0.2, 0.25) is 5.91 Å². The fourth-order valence-electron chi connectivity index (χ4n) is 2.98. The number of rotatable bonds is 3. The third kappa shape index (κ3) is 2.36. The summed E-state index contributed by atoms with van der Waals surface area (Å²) in [5.74, 6) is -0.882. The summed E-state index contributed by atoms with van der Waals surface area (Å²) >= 11 is 1.50. The number of halogens is 1. The number of nitrogens with zero attached hydrogens (tertiary/aromatic N) is 4. The van der Waals surface area contributed by atoms with Gasteiger partial charge in [0.05, 0.1) is 6.20 Å². The first-order valence-electron chi connectivity index (χ1n) is 7.05. The van der Waals surface area contributed by atoms with Gasteiger partial charge in [-0.05, 0) is 6.07 Å². The van der Waals surface area contributed by atoms with Crippen molar-refractivity contribution in [2.24, 2.45) is 5.73 Å². The van der Waals surface area contributed by atoms with Gasteiger partial charge < -0.3 is 23.2 Å². The van der Waals surface area contributed by atoms with E-state index in [1.54, 1.807) is 16.9 Å². The number of carbonyl (C=O) groups is 2. The number of carboxylic acid groups (broad SMARTS) is 1. The molecule has 1 amide bonds. The Morgan fingerprint density at radius 1 is 1.54 bits per heavy atom. The van der Waals surface area contributed by atoms with E-state index >= 15 is 0 Å². The Labute approximate surface area is 147 Å². The van der Waals surface area contributed by atoms with Gasteiger partial charge in [0.25, 0.3) is 0 Å². The van der Waals surface area contributed by atoms with E-state index in [2.05, 4.69) is 5.10 Å². The van der Waals surface area contributed by atoms with Gasteiger partial charge in [-0.3, -0.25) is 9.69 Å². The fourth-order valence-corrected chi connectivity index (χ4v) is 4.26. The molecular formula is C14H14ClN5O3S. The first-order chi connectivity index (χ1) is 11.1. The van der Waals surface area contributed by atoms with Gasteiger partial charge in [-0.15, -0.1) is 16.3 Å². The molecule has 24 heavy (non-hydrogen) atoms. The average Bonchev–Trinajstić information content (AvgIpc) is 2.96. The predicted molar refractivity (Wildman–Crippen MR) is 81.1 cm³/mol. The zero-order valence-electron chi connectivity index (χ0n) is 12.4. The van der Waals surface area contributed by atoms with Crippen molar-refractivity contribution >= 4 is 29.3 Å². The first kappa shape index (κ1) is 16.7. The molecule has 4 rings (SSSR count). The third-order valence-corrected chi connectivity index (χ3v) is 5.45. The van der Waals surface area contributed by atoms with E-state index in [0.29, 0.717) is 17.9 Å². The number of thioether (sulfide) groups is 1. The van der Waals surface area contributed by atoms with E-state index in [4.69, 9.17) is 5.73 Å². The minimum atomic E-state index is -1.09. The SMILES string of the molecule is N[C@@H]1C(=O)N2C(C(=O)O)=C(C[n+]3ccn4ncccc43)CS[C@H]12.[Cl-]. The molecule has 3 N–H and O–H groups in total. The highest BCUT2D eigenvalue weighted by molar-refractivity contribution is 8.00. The highest BCUT2D eigenvalue weighted by Gasteiger charge is 2.51. The number of nitrogens with two attached hydrogens (primary N) is 1. The zero-order chi connectivity index (χ0) is 16.1. The lowest BCUT2D eigenvalue weighted by atomic mass is 10.0. The summed E-state index contributed by atoms with van der Waals surface area (Å²) in [7, 11) is 0. The van der Waals surface area contributed by atoms with Crippen LogP contribution in [0.3, 0.4) is 0 Å². The van der Waals surface area contributed by atoms with Gasteiger partial charge in [0, 0.05) is 17.4 Å². The van der Waals surface area contributed by atoms with E-state index in [-0.39, 0.29) is 29.4 Å². The summed E-state index contributed by atoms with van der Waals surface area (Å²) < 4.78 is 3.63. The van der Waals surface area contributed by atoms with Crippen molar-refractivity contribution in [3.63, 3.8) is 0 Å². The molecule has 0 aromatic carbocycles. The van der Waals surface area contributed by atoms with Crippen LogP contribution in [0.4, 0.5) is 0 Å². The lowest BCUT2D eigenvalue weighted by Gasteiger charge is -2.47. The number of hydrogen-bond donors (Lipinski definition) is 2. The molecule has 0 spiro atoms. The molecule has 2 aromatic rings. The number of imidazole rings is 1. The molecule has 0 bridgehead atoms. The third-order valence-electron chi connectivity index (χ3n) is 4.09. The maximum Gasteiger partial charge on any atom is 0.352 e. The molecule has 0 saturated carbocycles. The molecule has 0 unspecified atom stereocenters. The van der Waals surface area contributed by atoms with E-state index in [1.807, 2.05) is 22.9 Å². The van der Waals surface area contributed by atoms with Gasteiger partial charge in [0.15, 0.2) is 6.20 Å². The molecule has 0 aliphatic carbocycles. The van der Waals surface area contributed by atoms with E-state index in [1.165, 1.54) is 16.7 Å². The monoisotopic (exact) mass is 367 g/mol. The number of fused-ring (bicyclic) bond motifs is 2. The molecule has 8 nitrogen and oxygen atoms in total. The minimum absolute atomic E-state index is 0. The van der Waals surface area contributed by atoms with Crippen molar-refractivity contribution in [1.29, 1.82) is 0 Å². The van der Waals surface area contributed by atoms with Crippen molar-refractivity contribution in [3.05, 3.63) is 42.0 Å². The summed E-state index contributed by atoms with van der Waals surface area (Å²) in [5.41, 5.74) is 7.36. The zero-order valence-corrected chi connectivity index (χ0v) is 13.9. The number of amides is 1. The second-order valence-corrected chi connectivity index (χ2v) is 6.55. The van der Waals surface area contributed by atoms with E-state index in [9.17, 15) is 14.7 Å². The standard InChI is InChI=1S/C14H13N5O3S.ClH/c15-10-12(20)19-11(14(21)22)8(7-23-13(10)19)6-17-4-5-18-9(17)2-1-3-16-18;/h1-5,10,13H,6-7,15H2;1H/t10-,13-;/m1./s1. The van der Waals surface area contributed by atoms with Crippen molar-refractivity contribution < 1.29 is 31.7 Å². The van der Waals surface area contributed by atoms with Crippen LogP contribution in [0.1, 0.15) is 0 Å². The Bertz CT molecular complexity index is 867. The Hall–Kier alpha value is -2.10. The highest BCUT2D eigenvalue weighted by Crippen LogP contribution is 2.39. The molecule has 2 aliphatic heterocycles. The number of aromatic nitrogens is 3. The van der Waals surface area contributed by atoms with E-state index in [0.717, 1.165) is 5.65 Å². The maximum atomic E-state index is 11.9. The van der Waals surface area contributed by atoms with E-state index < -0.39 is 12.0 Å². The number of carboxylic acids is 1. The van der Waals surface area contributed by atoms with Gasteiger partial charge in [0.1, 0.15) is 29.9 Å². The van der Waals surface area contributed by atoms with Crippen LogP contribution in [0.2, 0.25) is 0 Å². The smallest absolute Gasteiger partial charge is 0.352 e. The summed E-state index contributed by atoms with van der Waals surface area (Å²) in [4.78, 5) is 24.9. The Kier molecular flexibility index (Phi) is 4.24. The summed E-state index contributed by atoms with van der Waals surface area (Å²) in [6, 6.07) is 3.11. The Morgan fingerprint density at radius 3 is 3.08 bits per heavy atom.